The fraction of sp³-hybridized carbons (Fsp3) is 0.417. The van der Waals surface area contributed by atoms with Crippen LogP contribution in [0.3, 0.4) is 0 Å². The summed E-state index contributed by atoms with van der Waals surface area (Å²) in [6.45, 7) is 4.13. The molecule has 1 fully saturated rings. The number of hydrogen-bond acceptors (Lipinski definition) is 5. The van der Waals surface area contributed by atoms with Crippen LogP contribution in [0.2, 0.25) is 0 Å². The van der Waals surface area contributed by atoms with E-state index >= 15 is 0 Å². The van der Waals surface area contributed by atoms with Crippen molar-refractivity contribution >= 4 is 27.9 Å². The molecule has 1 aliphatic rings. The number of carbonyl (C=O) groups is 1. The highest BCUT2D eigenvalue weighted by Gasteiger charge is 2.30. The van der Waals surface area contributed by atoms with E-state index in [1.807, 2.05) is 29.4 Å². The second kappa shape index (κ2) is 7.48. The van der Waals surface area contributed by atoms with E-state index in [0.717, 1.165) is 38.9 Å². The van der Waals surface area contributed by atoms with Crippen molar-refractivity contribution in [3.63, 3.8) is 0 Å². The zero-order chi connectivity index (χ0) is 21.7. The second-order valence-corrected chi connectivity index (χ2v) is 8.80. The van der Waals surface area contributed by atoms with Crippen molar-refractivity contribution in [2.24, 2.45) is 14.1 Å². The van der Waals surface area contributed by atoms with Gasteiger partial charge in [-0.25, -0.2) is 4.98 Å². The molecule has 31 heavy (non-hydrogen) atoms. The largest absolute Gasteiger partial charge is 0.470 e. The number of Topliss-reactive ketones (excluding diaryl/α,β-unsaturated/α-hetero) is 1. The smallest absolute Gasteiger partial charge is 0.215 e. The van der Waals surface area contributed by atoms with Crippen molar-refractivity contribution in [1.82, 2.24) is 24.3 Å². The van der Waals surface area contributed by atoms with E-state index in [2.05, 4.69) is 47.1 Å². The molecule has 7 nitrogen and oxygen atoms in total. The molecule has 1 aliphatic carbocycles. The van der Waals surface area contributed by atoms with Gasteiger partial charge in [0.25, 0.3) is 0 Å². The van der Waals surface area contributed by atoms with Crippen LogP contribution in [0.15, 0.2) is 30.6 Å². The molecule has 1 saturated carbocycles. The van der Waals surface area contributed by atoms with Crippen LogP contribution < -0.4 is 4.74 Å². The number of nitrogens with zero attached hydrogens (tertiary/aromatic N) is 5. The molecule has 0 amide bonds. The third-order valence-electron chi connectivity index (χ3n) is 6.19. The normalized spacial score (nSPS) is 15.0. The summed E-state index contributed by atoms with van der Waals surface area (Å²) in [5, 5.41) is 5.80. The first-order valence-corrected chi connectivity index (χ1v) is 10.8. The molecule has 3 heterocycles. The Morgan fingerprint density at radius 2 is 2.06 bits per heavy atom. The predicted molar refractivity (Wildman–Crippen MR) is 119 cm³/mol. The molecule has 0 radical (unpaired) electrons. The van der Waals surface area contributed by atoms with Gasteiger partial charge in [-0.1, -0.05) is 13.0 Å². The Morgan fingerprint density at radius 3 is 2.84 bits per heavy atom. The lowest BCUT2D eigenvalue weighted by Gasteiger charge is -2.12. The molecule has 3 aromatic heterocycles. The topological polar surface area (TPSA) is 74.8 Å². The molecule has 5 rings (SSSR count). The molecule has 0 saturated heterocycles. The number of carbonyl (C=O) groups excluding carboxylic acids is 1. The SMILES string of the molecule is Cc1cc(OCC(=O)CC(C)c2ccc3c(c2)ncn3C)nc2c1c(C1CC1)nn2C. The number of ether oxygens (including phenoxy) is 1. The Morgan fingerprint density at radius 1 is 1.26 bits per heavy atom. The number of pyridine rings is 1. The van der Waals surface area contributed by atoms with Gasteiger partial charge in [0, 0.05) is 37.9 Å². The van der Waals surface area contributed by atoms with E-state index in [1.165, 1.54) is 12.8 Å². The molecule has 1 aromatic carbocycles. The molecular weight excluding hydrogens is 390 g/mol. The van der Waals surface area contributed by atoms with Crippen LogP contribution in [0.5, 0.6) is 5.88 Å². The fourth-order valence-corrected chi connectivity index (χ4v) is 4.28. The maximum absolute atomic E-state index is 12.6. The minimum atomic E-state index is 0.0153. The van der Waals surface area contributed by atoms with Crippen LogP contribution >= 0.6 is 0 Å². The van der Waals surface area contributed by atoms with Crippen molar-refractivity contribution in [1.29, 1.82) is 0 Å². The lowest BCUT2D eigenvalue weighted by atomic mass is 9.95. The summed E-state index contributed by atoms with van der Waals surface area (Å²) < 4.78 is 9.60. The van der Waals surface area contributed by atoms with Crippen LogP contribution in [0, 0.1) is 6.92 Å². The summed E-state index contributed by atoms with van der Waals surface area (Å²) in [5.74, 6) is 1.19. The maximum Gasteiger partial charge on any atom is 0.215 e. The van der Waals surface area contributed by atoms with E-state index in [0.29, 0.717) is 18.2 Å². The van der Waals surface area contributed by atoms with E-state index < -0.39 is 0 Å². The van der Waals surface area contributed by atoms with Gasteiger partial charge in [0.05, 0.1) is 23.1 Å². The van der Waals surface area contributed by atoms with Gasteiger partial charge in [0.2, 0.25) is 5.88 Å². The molecule has 0 aliphatic heterocycles. The van der Waals surface area contributed by atoms with Gasteiger partial charge in [0.1, 0.15) is 6.61 Å². The number of rotatable bonds is 7. The summed E-state index contributed by atoms with van der Waals surface area (Å²) in [6, 6.07) is 8.11. The van der Waals surface area contributed by atoms with Crippen molar-refractivity contribution in [3.8, 4) is 5.88 Å². The molecule has 0 spiro atoms. The van der Waals surface area contributed by atoms with Crippen molar-refractivity contribution in [2.75, 3.05) is 6.61 Å². The molecule has 160 valence electrons. The van der Waals surface area contributed by atoms with E-state index in [9.17, 15) is 4.79 Å². The number of ketones is 1. The van der Waals surface area contributed by atoms with E-state index in [1.54, 1.807) is 6.33 Å². The molecule has 7 heteroatoms. The average molecular weight is 418 g/mol. The summed E-state index contributed by atoms with van der Waals surface area (Å²) in [7, 11) is 3.89. The summed E-state index contributed by atoms with van der Waals surface area (Å²) in [5.41, 5.74) is 6.20. The highest BCUT2D eigenvalue weighted by molar-refractivity contribution is 5.84. The van der Waals surface area contributed by atoms with E-state index in [4.69, 9.17) is 4.74 Å². The van der Waals surface area contributed by atoms with Crippen molar-refractivity contribution < 1.29 is 9.53 Å². The second-order valence-electron chi connectivity index (χ2n) is 8.80. The lowest BCUT2D eigenvalue weighted by Crippen LogP contribution is -2.14. The Hall–Kier alpha value is -3.22. The summed E-state index contributed by atoms with van der Waals surface area (Å²) >= 11 is 0. The standard InChI is InChI=1S/C24H27N5O2/c1-14(17-7-8-20-19(11-17)25-13-28(20)3)9-18(30)12-31-21-10-15(2)22-23(16-5-6-16)27-29(4)24(22)26-21/h7-8,10-11,13-14,16H,5-6,9,12H2,1-4H3. The lowest BCUT2D eigenvalue weighted by molar-refractivity contribution is -0.121. The number of aryl methyl sites for hydroxylation is 3. The van der Waals surface area contributed by atoms with Crippen LogP contribution in [0.4, 0.5) is 0 Å². The van der Waals surface area contributed by atoms with Gasteiger partial charge in [-0.15, -0.1) is 0 Å². The third kappa shape index (κ3) is 3.69. The number of benzene rings is 1. The van der Waals surface area contributed by atoms with Crippen LogP contribution in [-0.2, 0) is 18.9 Å². The van der Waals surface area contributed by atoms with Gasteiger partial charge in [0.15, 0.2) is 11.4 Å². The van der Waals surface area contributed by atoms with Gasteiger partial charge in [-0.2, -0.15) is 10.1 Å². The highest BCUT2D eigenvalue weighted by atomic mass is 16.5. The molecule has 1 atom stereocenters. The third-order valence-corrected chi connectivity index (χ3v) is 6.19. The monoisotopic (exact) mass is 417 g/mol. The number of aromatic nitrogens is 5. The first-order chi connectivity index (χ1) is 14.9. The zero-order valence-electron chi connectivity index (χ0n) is 18.4. The minimum absolute atomic E-state index is 0.0153. The highest BCUT2D eigenvalue weighted by Crippen LogP contribution is 2.43. The van der Waals surface area contributed by atoms with Gasteiger partial charge < -0.3 is 9.30 Å². The summed E-state index contributed by atoms with van der Waals surface area (Å²) in [4.78, 5) is 21.6. The zero-order valence-corrected chi connectivity index (χ0v) is 18.4. The fourth-order valence-electron chi connectivity index (χ4n) is 4.28. The van der Waals surface area contributed by atoms with Gasteiger partial charge in [-0.3, -0.25) is 9.48 Å². The number of fused-ring (bicyclic) bond motifs is 2. The number of hydrogen-bond donors (Lipinski definition) is 0. The average Bonchev–Trinajstić information content (AvgIpc) is 3.45. The number of imidazole rings is 1. The first-order valence-electron chi connectivity index (χ1n) is 10.8. The first kappa shape index (κ1) is 19.7. The summed E-state index contributed by atoms with van der Waals surface area (Å²) in [6.07, 6.45) is 4.62. The molecule has 4 aromatic rings. The van der Waals surface area contributed by atoms with Gasteiger partial charge in [-0.05, 0) is 48.9 Å². The quantitative estimate of drug-likeness (QED) is 0.451. The van der Waals surface area contributed by atoms with Crippen LogP contribution in [0.25, 0.3) is 22.1 Å². The van der Waals surface area contributed by atoms with Crippen LogP contribution in [0.1, 0.15) is 54.8 Å². The minimum Gasteiger partial charge on any atom is -0.470 e. The van der Waals surface area contributed by atoms with Crippen LogP contribution in [-0.4, -0.2) is 36.7 Å². The maximum atomic E-state index is 12.6. The Bertz CT molecular complexity index is 1300. The Labute approximate surface area is 181 Å². The van der Waals surface area contributed by atoms with Gasteiger partial charge >= 0.3 is 0 Å². The van der Waals surface area contributed by atoms with Crippen molar-refractivity contribution in [2.45, 2.75) is 44.9 Å². The Kier molecular flexibility index (Phi) is 4.76. The molecular formula is C24H27N5O2. The Balaban J connectivity index is 1.26. The predicted octanol–water partition coefficient (Wildman–Crippen LogP) is 4.18. The molecule has 0 bridgehead atoms. The van der Waals surface area contributed by atoms with E-state index in [-0.39, 0.29) is 18.3 Å². The molecule has 1 unspecified atom stereocenters. The van der Waals surface area contributed by atoms with Crippen molar-refractivity contribution in [3.05, 3.63) is 47.4 Å². The molecule has 0 N–H and O–H groups in total.